The maximum Gasteiger partial charge on any atom is 0.00860 e. The predicted molar refractivity (Wildman–Crippen MR) is 47.0 cm³/mol. The normalized spacial score (nSPS) is 6.91. The van der Waals surface area contributed by atoms with E-state index in [1.54, 1.807) is 4.91 Å². The second-order valence-corrected chi connectivity index (χ2v) is 2.11. The maximum atomic E-state index is 6.86. The maximum absolute atomic E-state index is 6.86. The van der Waals surface area contributed by atoms with Crippen molar-refractivity contribution in [3.63, 3.8) is 0 Å². The lowest BCUT2D eigenvalue weighted by Crippen LogP contribution is -1.72. The highest BCUT2D eigenvalue weighted by molar-refractivity contribution is 4.82. The van der Waals surface area contributed by atoms with Crippen molar-refractivity contribution in [1.29, 1.82) is 5.53 Å². The standard InChI is InChI=1S/C8H14.HN3/c1-3-5-7-8-6-4-2;1-3-2/h1H,4-8H2,2H3;1H. The van der Waals surface area contributed by atoms with Crippen LogP contribution in [0.25, 0.3) is 10.4 Å². The highest BCUT2D eigenvalue weighted by atomic mass is 15.0. The summed E-state index contributed by atoms with van der Waals surface area (Å²) in [4.78, 5) is 1.75. The van der Waals surface area contributed by atoms with Gasteiger partial charge < -0.3 is 0 Å². The summed E-state index contributed by atoms with van der Waals surface area (Å²) < 4.78 is 0. The van der Waals surface area contributed by atoms with E-state index < -0.39 is 0 Å². The summed E-state index contributed by atoms with van der Waals surface area (Å²) >= 11 is 0. The Hall–Kier alpha value is -1.13. The molecule has 0 fully saturated rings. The average Bonchev–Trinajstić information content (AvgIpc) is 2.00. The quantitative estimate of drug-likeness (QED) is 0.211. The summed E-state index contributed by atoms with van der Waals surface area (Å²) in [6.07, 6.45) is 11.2. The van der Waals surface area contributed by atoms with Crippen LogP contribution in [0.3, 0.4) is 0 Å². The molecule has 0 aliphatic carbocycles. The molecule has 0 aromatic carbocycles. The highest BCUT2D eigenvalue weighted by Gasteiger charge is 1.81. The zero-order chi connectivity index (χ0) is 8.95. The van der Waals surface area contributed by atoms with Crippen molar-refractivity contribution in [2.45, 2.75) is 39.0 Å². The average molecular weight is 153 g/mol. The summed E-state index contributed by atoms with van der Waals surface area (Å²) in [5.74, 6) is 2.63. The van der Waals surface area contributed by atoms with Crippen molar-refractivity contribution < 1.29 is 0 Å². The van der Waals surface area contributed by atoms with E-state index in [4.69, 9.17) is 17.5 Å². The van der Waals surface area contributed by atoms with E-state index in [0.717, 1.165) is 6.42 Å². The Morgan fingerprint density at radius 1 is 1.45 bits per heavy atom. The highest BCUT2D eigenvalue weighted by Crippen LogP contribution is 2.00. The lowest BCUT2D eigenvalue weighted by molar-refractivity contribution is 0.680. The van der Waals surface area contributed by atoms with E-state index in [2.05, 4.69) is 12.8 Å². The van der Waals surface area contributed by atoms with Crippen LogP contribution in [0.1, 0.15) is 39.0 Å². The van der Waals surface area contributed by atoms with E-state index in [1.807, 2.05) is 0 Å². The first kappa shape index (κ1) is 12.5. The van der Waals surface area contributed by atoms with Gasteiger partial charge in [0.2, 0.25) is 0 Å². The summed E-state index contributed by atoms with van der Waals surface area (Å²) in [6.45, 7) is 2.20. The van der Waals surface area contributed by atoms with Gasteiger partial charge in [0, 0.05) is 6.42 Å². The molecular weight excluding hydrogens is 138 g/mol. The molecule has 0 saturated heterocycles. The third-order valence-electron chi connectivity index (χ3n) is 1.17. The number of unbranched alkanes of at least 4 members (excludes halogenated alkanes) is 4. The van der Waals surface area contributed by atoms with Crippen molar-refractivity contribution in [2.24, 2.45) is 0 Å². The zero-order valence-corrected chi connectivity index (χ0v) is 7.01. The molecule has 3 heteroatoms. The smallest absolute Gasteiger partial charge is 0.00860 e. The molecule has 0 aromatic heterocycles. The molecule has 0 amide bonds. The van der Waals surface area contributed by atoms with E-state index in [9.17, 15) is 0 Å². The van der Waals surface area contributed by atoms with Crippen LogP contribution in [-0.2, 0) is 0 Å². The molecule has 0 bridgehead atoms. The van der Waals surface area contributed by atoms with Crippen molar-refractivity contribution in [3.05, 3.63) is 10.4 Å². The van der Waals surface area contributed by atoms with Crippen LogP contribution >= 0.6 is 0 Å². The molecule has 0 radical (unpaired) electrons. The van der Waals surface area contributed by atoms with Crippen molar-refractivity contribution in [3.8, 4) is 12.3 Å². The molecule has 62 valence electrons. The van der Waals surface area contributed by atoms with Crippen molar-refractivity contribution in [2.75, 3.05) is 0 Å². The van der Waals surface area contributed by atoms with Crippen LogP contribution in [0.15, 0.2) is 0 Å². The summed E-state index contributed by atoms with van der Waals surface area (Å²) in [6, 6.07) is 0. The molecule has 0 spiro atoms. The molecule has 0 aliphatic rings. The Kier molecular flexibility index (Phi) is 18.2. The van der Waals surface area contributed by atoms with Gasteiger partial charge >= 0.3 is 0 Å². The molecule has 0 rings (SSSR count). The number of hydrogen-bond acceptors (Lipinski definition) is 1. The molecule has 0 saturated carbocycles. The van der Waals surface area contributed by atoms with Gasteiger partial charge in [-0.25, -0.2) is 0 Å². The fourth-order valence-electron chi connectivity index (χ4n) is 0.654. The molecule has 3 nitrogen and oxygen atoms in total. The minimum atomic E-state index is 0.958. The lowest BCUT2D eigenvalue weighted by Gasteiger charge is -1.90. The van der Waals surface area contributed by atoms with Crippen LogP contribution < -0.4 is 0 Å². The molecule has 0 atom stereocenters. The number of nitrogens with one attached hydrogen (secondary N) is 1. The molecule has 0 heterocycles. The Morgan fingerprint density at radius 3 is 2.36 bits per heavy atom. The second-order valence-electron chi connectivity index (χ2n) is 2.11. The van der Waals surface area contributed by atoms with Crippen LogP contribution in [-0.4, -0.2) is 0 Å². The van der Waals surface area contributed by atoms with Gasteiger partial charge in [-0.2, -0.15) is 0 Å². The molecule has 1 N–H and O–H groups in total. The Balaban J connectivity index is 0. The summed E-state index contributed by atoms with van der Waals surface area (Å²) in [5.41, 5.74) is 12.2. The Morgan fingerprint density at radius 2 is 2.00 bits per heavy atom. The predicted octanol–water partition coefficient (Wildman–Crippen LogP) is 3.47. The monoisotopic (exact) mass is 153 g/mol. The first-order chi connectivity index (χ1) is 5.33. The van der Waals surface area contributed by atoms with Gasteiger partial charge in [-0.1, -0.05) is 26.2 Å². The summed E-state index contributed by atoms with van der Waals surface area (Å²) in [5, 5.41) is 0. The van der Waals surface area contributed by atoms with E-state index in [0.29, 0.717) is 0 Å². The number of terminal acetylenes is 1. The van der Waals surface area contributed by atoms with E-state index in [-0.39, 0.29) is 0 Å². The number of nitrogens with zero attached hydrogens (tertiary/aromatic N) is 2. The van der Waals surface area contributed by atoms with Gasteiger partial charge in [-0.15, -0.1) is 17.9 Å². The van der Waals surface area contributed by atoms with Crippen molar-refractivity contribution >= 4 is 0 Å². The minimum Gasteiger partial charge on any atom is -0.120 e. The van der Waals surface area contributed by atoms with Gasteiger partial charge in [0.05, 0.1) is 0 Å². The Bertz CT molecular complexity index is 129. The third-order valence-corrected chi connectivity index (χ3v) is 1.17. The van der Waals surface area contributed by atoms with Gasteiger partial charge in [0.25, 0.3) is 0 Å². The third kappa shape index (κ3) is 28.0. The van der Waals surface area contributed by atoms with Gasteiger partial charge in [0.1, 0.15) is 0 Å². The molecule has 0 aromatic rings. The van der Waals surface area contributed by atoms with Gasteiger partial charge in [0.15, 0.2) is 0 Å². The van der Waals surface area contributed by atoms with Gasteiger partial charge in [-0.05, 0) is 16.9 Å². The Labute approximate surface area is 68.2 Å². The number of hydrogen-bond donors (Lipinski definition) is 1. The van der Waals surface area contributed by atoms with Crippen LogP contribution in [0.2, 0.25) is 0 Å². The first-order valence-corrected chi connectivity index (χ1v) is 3.77. The fourth-order valence-corrected chi connectivity index (χ4v) is 0.654. The minimum absolute atomic E-state index is 0.958. The van der Waals surface area contributed by atoms with Crippen LogP contribution in [0.5, 0.6) is 0 Å². The number of rotatable bonds is 4. The topological polar surface area (TPSA) is 60.3 Å². The lowest BCUT2D eigenvalue weighted by atomic mass is 10.2. The van der Waals surface area contributed by atoms with Crippen LogP contribution in [0.4, 0.5) is 0 Å². The molecule has 0 unspecified atom stereocenters. The summed E-state index contributed by atoms with van der Waals surface area (Å²) in [7, 11) is 0. The van der Waals surface area contributed by atoms with E-state index >= 15 is 0 Å². The second kappa shape index (κ2) is 15.9. The zero-order valence-electron chi connectivity index (χ0n) is 7.01. The fraction of sp³-hybridized carbons (Fsp3) is 0.750. The van der Waals surface area contributed by atoms with E-state index in [1.165, 1.54) is 25.7 Å². The van der Waals surface area contributed by atoms with Gasteiger partial charge in [-0.3, -0.25) is 0 Å². The SMILES string of the molecule is C#CCCCCCC.[N-]=[N+]=N. The molecular formula is C8H15N3. The first-order valence-electron chi connectivity index (χ1n) is 3.77. The molecule has 0 aliphatic heterocycles. The van der Waals surface area contributed by atoms with Crippen LogP contribution in [0, 0.1) is 17.9 Å². The molecule has 11 heavy (non-hydrogen) atoms. The largest absolute Gasteiger partial charge is 0.120 e. The van der Waals surface area contributed by atoms with Crippen molar-refractivity contribution in [1.82, 2.24) is 0 Å².